The van der Waals surface area contributed by atoms with Crippen LogP contribution in [0.25, 0.3) is 11.0 Å². The highest BCUT2D eigenvalue weighted by Gasteiger charge is 2.34. The summed E-state index contributed by atoms with van der Waals surface area (Å²) in [6.45, 7) is 0. The molecule has 0 unspecified atom stereocenters. The van der Waals surface area contributed by atoms with E-state index < -0.39 is 23.7 Å². The van der Waals surface area contributed by atoms with Gasteiger partial charge in [-0.25, -0.2) is 9.37 Å². The van der Waals surface area contributed by atoms with Crippen LogP contribution in [0.15, 0.2) is 42.5 Å². The lowest BCUT2D eigenvalue weighted by molar-refractivity contribution is -0.144. The summed E-state index contributed by atoms with van der Waals surface area (Å²) in [6, 6.07) is 9.42. The molecule has 0 aliphatic rings. The van der Waals surface area contributed by atoms with Crippen molar-refractivity contribution in [2.24, 2.45) is 0 Å². The van der Waals surface area contributed by atoms with Crippen molar-refractivity contribution in [2.75, 3.05) is 5.32 Å². The fraction of sp³-hybridized carbons (Fsp3) is 0.0667. The van der Waals surface area contributed by atoms with Crippen LogP contribution in [0.5, 0.6) is 0 Å². The standard InChI is InChI=1S/C15H9F4N3O/c16-9-3-1-2-4-10(9)20-13(23)8-5-6-11-12(7-8)22-14(21-11)15(17,18)19/h1-7H,(H,20,23)(H,21,22). The van der Waals surface area contributed by atoms with Crippen molar-refractivity contribution in [2.45, 2.75) is 6.18 Å². The summed E-state index contributed by atoms with van der Waals surface area (Å²) in [5.41, 5.74) is 0.217. The zero-order chi connectivity index (χ0) is 16.6. The van der Waals surface area contributed by atoms with Crippen LogP contribution in [-0.4, -0.2) is 15.9 Å². The van der Waals surface area contributed by atoms with E-state index >= 15 is 0 Å². The van der Waals surface area contributed by atoms with Gasteiger partial charge in [0.25, 0.3) is 5.91 Å². The van der Waals surface area contributed by atoms with Gasteiger partial charge in [0.05, 0.1) is 16.7 Å². The first kappa shape index (κ1) is 15.0. The first-order valence-electron chi connectivity index (χ1n) is 6.47. The first-order chi connectivity index (χ1) is 10.8. The summed E-state index contributed by atoms with van der Waals surface area (Å²) in [5.74, 6) is -2.39. The average molecular weight is 323 g/mol. The molecule has 0 radical (unpaired) electrons. The molecule has 0 fully saturated rings. The Morgan fingerprint density at radius 3 is 2.57 bits per heavy atom. The molecule has 1 amide bonds. The van der Waals surface area contributed by atoms with Gasteiger partial charge in [0.1, 0.15) is 5.82 Å². The number of amides is 1. The molecule has 1 heterocycles. The highest BCUT2D eigenvalue weighted by molar-refractivity contribution is 6.06. The monoisotopic (exact) mass is 323 g/mol. The van der Waals surface area contributed by atoms with Crippen molar-refractivity contribution < 1.29 is 22.4 Å². The minimum atomic E-state index is -4.60. The van der Waals surface area contributed by atoms with E-state index in [0.29, 0.717) is 0 Å². The molecule has 23 heavy (non-hydrogen) atoms. The van der Waals surface area contributed by atoms with E-state index in [-0.39, 0.29) is 22.3 Å². The van der Waals surface area contributed by atoms with Gasteiger partial charge in [0.2, 0.25) is 5.82 Å². The molecule has 0 saturated carbocycles. The number of carbonyl (C=O) groups excluding carboxylic acids is 1. The van der Waals surface area contributed by atoms with E-state index in [0.717, 1.165) is 0 Å². The number of para-hydroxylation sites is 1. The van der Waals surface area contributed by atoms with Crippen molar-refractivity contribution in [1.29, 1.82) is 0 Å². The minimum Gasteiger partial charge on any atom is -0.334 e. The van der Waals surface area contributed by atoms with Crippen LogP contribution in [0.1, 0.15) is 16.2 Å². The molecule has 8 heteroatoms. The van der Waals surface area contributed by atoms with Crippen LogP contribution in [-0.2, 0) is 6.18 Å². The third-order valence-corrected chi connectivity index (χ3v) is 3.13. The summed E-state index contributed by atoms with van der Waals surface area (Å²) in [6.07, 6.45) is -4.60. The number of hydrogen-bond donors (Lipinski definition) is 2. The summed E-state index contributed by atoms with van der Waals surface area (Å²) < 4.78 is 51.3. The van der Waals surface area contributed by atoms with Crippen LogP contribution < -0.4 is 5.32 Å². The number of fused-ring (bicyclic) bond motifs is 1. The molecule has 0 spiro atoms. The number of carbonyl (C=O) groups is 1. The largest absolute Gasteiger partial charge is 0.449 e. The van der Waals surface area contributed by atoms with Crippen molar-refractivity contribution in [3.8, 4) is 0 Å². The minimum absolute atomic E-state index is 0.0156. The number of aromatic amines is 1. The Morgan fingerprint density at radius 1 is 1.13 bits per heavy atom. The van der Waals surface area contributed by atoms with E-state index in [1.165, 1.54) is 36.4 Å². The topological polar surface area (TPSA) is 57.8 Å². The molecule has 118 valence electrons. The Bertz CT molecular complexity index is 886. The van der Waals surface area contributed by atoms with Crippen LogP contribution in [0, 0.1) is 5.82 Å². The van der Waals surface area contributed by atoms with Gasteiger partial charge in [-0.2, -0.15) is 13.2 Å². The lowest BCUT2D eigenvalue weighted by atomic mass is 10.2. The Labute approximate surface area is 127 Å². The lowest BCUT2D eigenvalue weighted by Gasteiger charge is -2.06. The molecule has 3 rings (SSSR count). The summed E-state index contributed by atoms with van der Waals surface area (Å²) in [4.78, 5) is 17.6. The predicted octanol–water partition coefficient (Wildman–Crippen LogP) is 3.97. The summed E-state index contributed by atoms with van der Waals surface area (Å²) >= 11 is 0. The fourth-order valence-corrected chi connectivity index (χ4v) is 2.04. The SMILES string of the molecule is O=C(Nc1ccccc1F)c1ccc2nc(C(F)(F)F)[nH]c2c1. The number of nitrogens with one attached hydrogen (secondary N) is 2. The number of rotatable bonds is 2. The molecule has 2 N–H and O–H groups in total. The Hall–Kier alpha value is -2.90. The molecule has 0 bridgehead atoms. The number of aromatic nitrogens is 2. The molecule has 3 aromatic rings. The smallest absolute Gasteiger partial charge is 0.334 e. The number of imidazole rings is 1. The van der Waals surface area contributed by atoms with Crippen LogP contribution in [0.2, 0.25) is 0 Å². The van der Waals surface area contributed by atoms with Crippen molar-refractivity contribution in [3.05, 3.63) is 59.7 Å². The molecule has 4 nitrogen and oxygen atoms in total. The van der Waals surface area contributed by atoms with E-state index in [2.05, 4.69) is 15.3 Å². The third-order valence-electron chi connectivity index (χ3n) is 3.13. The second kappa shape index (κ2) is 5.38. The quantitative estimate of drug-likeness (QED) is 0.701. The second-order valence-electron chi connectivity index (χ2n) is 4.75. The Balaban J connectivity index is 1.91. The number of halogens is 4. The Morgan fingerprint density at radius 2 is 1.87 bits per heavy atom. The van der Waals surface area contributed by atoms with Gasteiger partial charge < -0.3 is 10.3 Å². The maximum absolute atomic E-state index is 13.5. The van der Waals surface area contributed by atoms with Gasteiger partial charge in [-0.15, -0.1) is 0 Å². The molecule has 0 atom stereocenters. The van der Waals surface area contributed by atoms with Crippen molar-refractivity contribution in [3.63, 3.8) is 0 Å². The van der Waals surface area contributed by atoms with Gasteiger partial charge in [-0.3, -0.25) is 4.79 Å². The number of anilines is 1. The maximum atomic E-state index is 13.5. The molecule has 1 aromatic heterocycles. The number of benzene rings is 2. The zero-order valence-corrected chi connectivity index (χ0v) is 11.4. The third kappa shape index (κ3) is 3.01. The van der Waals surface area contributed by atoms with Gasteiger partial charge in [0.15, 0.2) is 0 Å². The van der Waals surface area contributed by atoms with E-state index in [4.69, 9.17) is 0 Å². The zero-order valence-electron chi connectivity index (χ0n) is 11.4. The predicted molar refractivity (Wildman–Crippen MR) is 75.4 cm³/mol. The van der Waals surface area contributed by atoms with Gasteiger partial charge in [0, 0.05) is 5.56 Å². The highest BCUT2D eigenvalue weighted by atomic mass is 19.4. The lowest BCUT2D eigenvalue weighted by Crippen LogP contribution is -2.12. The fourth-order valence-electron chi connectivity index (χ4n) is 2.04. The molecular formula is C15H9F4N3O. The number of alkyl halides is 3. The van der Waals surface area contributed by atoms with Crippen LogP contribution in [0.4, 0.5) is 23.2 Å². The molecule has 0 aliphatic carbocycles. The van der Waals surface area contributed by atoms with Gasteiger partial charge in [-0.1, -0.05) is 12.1 Å². The second-order valence-corrected chi connectivity index (χ2v) is 4.75. The Kier molecular flexibility index (Phi) is 3.51. The normalized spacial score (nSPS) is 11.7. The van der Waals surface area contributed by atoms with E-state index in [9.17, 15) is 22.4 Å². The first-order valence-corrected chi connectivity index (χ1v) is 6.47. The van der Waals surface area contributed by atoms with E-state index in [1.54, 1.807) is 6.07 Å². The number of nitrogens with zero attached hydrogens (tertiary/aromatic N) is 1. The number of H-pyrrole nitrogens is 1. The maximum Gasteiger partial charge on any atom is 0.449 e. The summed E-state index contributed by atoms with van der Waals surface area (Å²) in [7, 11) is 0. The van der Waals surface area contributed by atoms with Gasteiger partial charge >= 0.3 is 6.18 Å². The van der Waals surface area contributed by atoms with Crippen molar-refractivity contribution in [1.82, 2.24) is 9.97 Å². The van der Waals surface area contributed by atoms with Crippen molar-refractivity contribution >= 4 is 22.6 Å². The highest BCUT2D eigenvalue weighted by Crippen LogP contribution is 2.28. The van der Waals surface area contributed by atoms with Gasteiger partial charge in [-0.05, 0) is 30.3 Å². The summed E-state index contributed by atoms with van der Waals surface area (Å²) in [5, 5.41) is 2.36. The van der Waals surface area contributed by atoms with Crippen LogP contribution in [0.3, 0.4) is 0 Å². The van der Waals surface area contributed by atoms with Crippen LogP contribution >= 0.6 is 0 Å². The molecular weight excluding hydrogens is 314 g/mol. The number of hydrogen-bond acceptors (Lipinski definition) is 2. The molecule has 0 aliphatic heterocycles. The molecule has 2 aromatic carbocycles. The molecule has 0 saturated heterocycles. The van der Waals surface area contributed by atoms with E-state index in [1.807, 2.05) is 0 Å². The average Bonchev–Trinajstić information content (AvgIpc) is 2.92.